The molecule has 108 valence electrons. The number of aromatic nitrogens is 1. The second-order valence-electron chi connectivity index (χ2n) is 5.47. The minimum absolute atomic E-state index is 0.0904. The van der Waals surface area contributed by atoms with Gasteiger partial charge in [-0.05, 0) is 21.0 Å². The molecule has 1 aromatic heterocycles. The molecule has 6 heteroatoms. The molecule has 19 heavy (non-hydrogen) atoms. The number of hydrogen-bond acceptors (Lipinski definition) is 6. The molecule has 5 nitrogen and oxygen atoms in total. The highest BCUT2D eigenvalue weighted by Crippen LogP contribution is 2.26. The third-order valence-corrected chi connectivity index (χ3v) is 4.73. The van der Waals surface area contributed by atoms with Crippen molar-refractivity contribution in [2.45, 2.75) is 13.0 Å². The van der Waals surface area contributed by atoms with Gasteiger partial charge in [0.1, 0.15) is 0 Å². The van der Waals surface area contributed by atoms with Gasteiger partial charge in [0.15, 0.2) is 5.13 Å². The number of rotatable bonds is 5. The summed E-state index contributed by atoms with van der Waals surface area (Å²) in [6, 6.07) is 0.0904. The molecule has 1 saturated heterocycles. The highest BCUT2D eigenvalue weighted by Gasteiger charge is 2.19. The van der Waals surface area contributed by atoms with E-state index in [1.165, 1.54) is 4.88 Å². The molecule has 2 heterocycles. The Hall–Kier alpha value is -0.690. The molecular formula is C13H25N5S. The fourth-order valence-corrected chi connectivity index (χ4v) is 3.06. The van der Waals surface area contributed by atoms with Gasteiger partial charge in [-0.15, -0.1) is 11.3 Å². The summed E-state index contributed by atoms with van der Waals surface area (Å²) in [5.41, 5.74) is 5.89. The quantitative estimate of drug-likeness (QED) is 0.868. The Morgan fingerprint density at radius 3 is 2.58 bits per heavy atom. The third-order valence-electron chi connectivity index (χ3n) is 3.47. The molecule has 0 saturated carbocycles. The number of anilines is 1. The van der Waals surface area contributed by atoms with Crippen LogP contribution in [0.1, 0.15) is 17.8 Å². The van der Waals surface area contributed by atoms with Crippen LogP contribution in [-0.2, 0) is 0 Å². The van der Waals surface area contributed by atoms with Crippen molar-refractivity contribution in [2.75, 3.05) is 58.3 Å². The lowest BCUT2D eigenvalue weighted by molar-refractivity contribution is 0.229. The van der Waals surface area contributed by atoms with Crippen LogP contribution in [0.4, 0.5) is 5.13 Å². The van der Waals surface area contributed by atoms with Crippen LogP contribution in [0, 0.1) is 0 Å². The Morgan fingerprint density at radius 1 is 1.37 bits per heavy atom. The molecule has 0 bridgehead atoms. The van der Waals surface area contributed by atoms with Crippen LogP contribution in [-0.4, -0.2) is 68.1 Å². The molecule has 1 unspecified atom stereocenters. The van der Waals surface area contributed by atoms with Crippen molar-refractivity contribution < 1.29 is 0 Å². The molecule has 1 aliphatic heterocycles. The van der Waals surface area contributed by atoms with Gasteiger partial charge in [0.25, 0.3) is 0 Å². The van der Waals surface area contributed by atoms with E-state index in [2.05, 4.69) is 33.8 Å². The summed E-state index contributed by atoms with van der Waals surface area (Å²) in [7, 11) is 4.25. The van der Waals surface area contributed by atoms with Crippen LogP contribution in [0.25, 0.3) is 0 Å². The van der Waals surface area contributed by atoms with Crippen LogP contribution in [0.2, 0.25) is 0 Å². The predicted octanol–water partition coefficient (Wildman–Crippen LogP) is 0.846. The molecule has 0 aliphatic carbocycles. The second-order valence-corrected chi connectivity index (χ2v) is 6.51. The molecule has 1 fully saturated rings. The van der Waals surface area contributed by atoms with Gasteiger partial charge in [0, 0.05) is 56.4 Å². The van der Waals surface area contributed by atoms with Gasteiger partial charge in [-0.1, -0.05) is 0 Å². The summed E-state index contributed by atoms with van der Waals surface area (Å²) in [5, 5.41) is 1.12. The minimum atomic E-state index is 0.0904. The normalized spacial score (nSPS) is 19.1. The zero-order chi connectivity index (χ0) is 13.8. The lowest BCUT2D eigenvalue weighted by Gasteiger charge is -2.35. The maximum absolute atomic E-state index is 5.89. The van der Waals surface area contributed by atoms with E-state index in [1.807, 2.05) is 13.1 Å². The largest absolute Gasteiger partial charge is 0.346 e. The van der Waals surface area contributed by atoms with Gasteiger partial charge >= 0.3 is 0 Å². The molecule has 2 N–H and O–H groups in total. The number of likely N-dealkylation sites (N-methyl/N-ethyl adjacent to an activating group) is 1. The predicted molar refractivity (Wildman–Crippen MR) is 81.9 cm³/mol. The summed E-state index contributed by atoms with van der Waals surface area (Å²) in [6.07, 6.45) is 1.92. The molecule has 1 aliphatic rings. The molecular weight excluding hydrogens is 258 g/mol. The highest BCUT2D eigenvalue weighted by molar-refractivity contribution is 7.15. The molecule has 0 amide bonds. The SMILES string of the molecule is CC(N)c1cnc(N2CCN(CCN(C)C)CC2)s1. The first kappa shape index (κ1) is 14.7. The first-order valence-corrected chi connectivity index (χ1v) is 7.71. The van der Waals surface area contributed by atoms with E-state index in [0.29, 0.717) is 0 Å². The fraction of sp³-hybridized carbons (Fsp3) is 0.769. The second kappa shape index (κ2) is 6.65. The standard InChI is InChI=1S/C13H25N5S/c1-11(14)12-10-15-13(19-12)18-8-6-17(7-9-18)5-4-16(2)3/h10-11H,4-9,14H2,1-3H3. The van der Waals surface area contributed by atoms with Gasteiger partial charge in [0.2, 0.25) is 0 Å². The summed E-state index contributed by atoms with van der Waals surface area (Å²) in [5.74, 6) is 0. The van der Waals surface area contributed by atoms with Crippen molar-refractivity contribution in [3.63, 3.8) is 0 Å². The number of nitrogens with zero attached hydrogens (tertiary/aromatic N) is 4. The summed E-state index contributed by atoms with van der Waals surface area (Å²) in [4.78, 5) is 12.8. The van der Waals surface area contributed by atoms with Crippen LogP contribution >= 0.6 is 11.3 Å². The van der Waals surface area contributed by atoms with Crippen LogP contribution in [0.15, 0.2) is 6.20 Å². The van der Waals surface area contributed by atoms with E-state index < -0.39 is 0 Å². The number of nitrogens with two attached hydrogens (primary N) is 1. The van der Waals surface area contributed by atoms with Crippen LogP contribution < -0.4 is 10.6 Å². The van der Waals surface area contributed by atoms with Crippen molar-refractivity contribution >= 4 is 16.5 Å². The van der Waals surface area contributed by atoms with E-state index >= 15 is 0 Å². The van der Waals surface area contributed by atoms with E-state index in [1.54, 1.807) is 11.3 Å². The lowest BCUT2D eigenvalue weighted by atomic mass is 10.3. The molecule has 0 radical (unpaired) electrons. The monoisotopic (exact) mass is 283 g/mol. The topological polar surface area (TPSA) is 48.6 Å². The van der Waals surface area contributed by atoms with Crippen molar-refractivity contribution in [1.82, 2.24) is 14.8 Å². The Morgan fingerprint density at radius 2 is 2.05 bits per heavy atom. The Kier molecular flexibility index (Phi) is 5.15. The number of thiazole rings is 1. The van der Waals surface area contributed by atoms with E-state index in [0.717, 1.165) is 44.4 Å². The van der Waals surface area contributed by atoms with Gasteiger partial charge in [-0.3, -0.25) is 4.90 Å². The van der Waals surface area contributed by atoms with Gasteiger partial charge < -0.3 is 15.5 Å². The molecule has 2 rings (SSSR count). The average molecular weight is 283 g/mol. The van der Waals surface area contributed by atoms with Crippen molar-refractivity contribution in [3.05, 3.63) is 11.1 Å². The first-order valence-electron chi connectivity index (χ1n) is 6.89. The van der Waals surface area contributed by atoms with Gasteiger partial charge in [-0.25, -0.2) is 4.98 Å². The zero-order valence-corrected chi connectivity index (χ0v) is 13.0. The number of piperazine rings is 1. The van der Waals surface area contributed by atoms with Crippen LogP contribution in [0.3, 0.4) is 0 Å². The van der Waals surface area contributed by atoms with Crippen molar-refractivity contribution in [1.29, 1.82) is 0 Å². The van der Waals surface area contributed by atoms with Crippen molar-refractivity contribution in [3.8, 4) is 0 Å². The van der Waals surface area contributed by atoms with Crippen LogP contribution in [0.5, 0.6) is 0 Å². The average Bonchev–Trinajstić information content (AvgIpc) is 2.86. The fourth-order valence-electron chi connectivity index (χ4n) is 2.14. The lowest BCUT2D eigenvalue weighted by Crippen LogP contribution is -2.48. The third kappa shape index (κ3) is 4.14. The highest BCUT2D eigenvalue weighted by atomic mass is 32.1. The molecule has 1 aromatic rings. The Balaban J connectivity index is 1.82. The van der Waals surface area contributed by atoms with E-state index in [9.17, 15) is 0 Å². The molecule has 0 aromatic carbocycles. The molecule has 1 atom stereocenters. The minimum Gasteiger partial charge on any atom is -0.346 e. The van der Waals surface area contributed by atoms with Gasteiger partial charge in [-0.2, -0.15) is 0 Å². The Bertz CT molecular complexity index is 382. The first-order chi connectivity index (χ1) is 9.06. The zero-order valence-electron chi connectivity index (χ0n) is 12.2. The van der Waals surface area contributed by atoms with Gasteiger partial charge in [0.05, 0.1) is 0 Å². The van der Waals surface area contributed by atoms with E-state index in [-0.39, 0.29) is 6.04 Å². The maximum atomic E-state index is 5.89. The molecule has 0 spiro atoms. The number of hydrogen-bond donors (Lipinski definition) is 1. The smallest absolute Gasteiger partial charge is 0.185 e. The van der Waals surface area contributed by atoms with Crippen molar-refractivity contribution in [2.24, 2.45) is 5.73 Å². The van der Waals surface area contributed by atoms with E-state index in [4.69, 9.17) is 5.73 Å². The maximum Gasteiger partial charge on any atom is 0.185 e. The summed E-state index contributed by atoms with van der Waals surface area (Å²) in [6.45, 7) is 8.69. The Labute approximate surface area is 120 Å². The summed E-state index contributed by atoms with van der Waals surface area (Å²) >= 11 is 1.73. The summed E-state index contributed by atoms with van der Waals surface area (Å²) < 4.78 is 0.